The van der Waals surface area contributed by atoms with E-state index in [1.54, 1.807) is 0 Å². The van der Waals surface area contributed by atoms with E-state index >= 15 is 0 Å². The molecule has 1 amide bonds. The van der Waals surface area contributed by atoms with Crippen molar-refractivity contribution in [1.82, 2.24) is 19.9 Å². The first-order valence-electron chi connectivity index (χ1n) is 9.83. The van der Waals surface area contributed by atoms with Crippen LogP contribution in [0, 0.1) is 20.8 Å². The van der Waals surface area contributed by atoms with E-state index in [2.05, 4.69) is 17.4 Å². The summed E-state index contributed by atoms with van der Waals surface area (Å²) in [4.78, 5) is 17.3. The van der Waals surface area contributed by atoms with Gasteiger partial charge in [0.25, 0.3) is 0 Å². The quantitative estimate of drug-likeness (QED) is 0.740. The van der Waals surface area contributed by atoms with Crippen molar-refractivity contribution >= 4 is 11.6 Å². The molecule has 0 saturated carbocycles. The lowest BCUT2D eigenvalue weighted by molar-refractivity contribution is -0.121. The molecule has 6 nitrogen and oxygen atoms in total. The minimum Gasteiger partial charge on any atom is -0.376 e. The molecule has 1 atom stereocenters. The molecule has 1 saturated heterocycles. The highest BCUT2D eigenvalue weighted by atomic mass is 16.5. The van der Waals surface area contributed by atoms with Gasteiger partial charge in [0, 0.05) is 35.7 Å². The third-order valence-electron chi connectivity index (χ3n) is 5.45. The maximum absolute atomic E-state index is 12.5. The number of nitrogens with zero attached hydrogens (tertiary/aromatic N) is 3. The molecule has 3 aromatic rings. The Labute approximate surface area is 164 Å². The molecule has 146 valence electrons. The number of rotatable bonds is 5. The van der Waals surface area contributed by atoms with Crippen molar-refractivity contribution in [2.24, 2.45) is 0 Å². The number of fused-ring (bicyclic) bond motifs is 1. The molecule has 1 fully saturated rings. The van der Waals surface area contributed by atoms with Crippen LogP contribution in [0.25, 0.3) is 16.8 Å². The van der Waals surface area contributed by atoms with Crippen molar-refractivity contribution in [3.8, 4) is 11.1 Å². The van der Waals surface area contributed by atoms with Gasteiger partial charge in [0.1, 0.15) is 0 Å². The van der Waals surface area contributed by atoms with Crippen molar-refractivity contribution in [1.29, 1.82) is 0 Å². The summed E-state index contributed by atoms with van der Waals surface area (Å²) in [6.45, 7) is 7.34. The Morgan fingerprint density at radius 2 is 2.00 bits per heavy atom. The number of aryl methyl sites for hydroxylation is 3. The summed E-state index contributed by atoms with van der Waals surface area (Å²) in [6, 6.07) is 10.2. The molecule has 4 rings (SSSR count). The fourth-order valence-electron chi connectivity index (χ4n) is 3.92. The van der Waals surface area contributed by atoms with E-state index in [4.69, 9.17) is 14.8 Å². The van der Waals surface area contributed by atoms with Crippen LogP contribution in [-0.2, 0) is 16.0 Å². The van der Waals surface area contributed by atoms with E-state index in [-0.39, 0.29) is 12.0 Å². The van der Waals surface area contributed by atoms with Crippen LogP contribution in [0.15, 0.2) is 30.3 Å². The zero-order chi connectivity index (χ0) is 19.7. The third kappa shape index (κ3) is 3.52. The molecule has 1 aliphatic heterocycles. The Morgan fingerprint density at radius 3 is 2.71 bits per heavy atom. The predicted octanol–water partition coefficient (Wildman–Crippen LogP) is 3.16. The van der Waals surface area contributed by atoms with E-state index < -0.39 is 0 Å². The molecule has 28 heavy (non-hydrogen) atoms. The van der Waals surface area contributed by atoms with Crippen LogP contribution in [0.2, 0.25) is 0 Å². The van der Waals surface area contributed by atoms with E-state index in [9.17, 15) is 4.79 Å². The van der Waals surface area contributed by atoms with Gasteiger partial charge in [-0.2, -0.15) is 5.10 Å². The zero-order valence-corrected chi connectivity index (χ0v) is 16.7. The van der Waals surface area contributed by atoms with Crippen LogP contribution in [-0.4, -0.2) is 39.8 Å². The van der Waals surface area contributed by atoms with E-state index in [1.807, 2.05) is 43.5 Å². The molecule has 0 bridgehead atoms. The Bertz CT molecular complexity index is 1000. The summed E-state index contributed by atoms with van der Waals surface area (Å²) in [7, 11) is 0. The Balaban J connectivity index is 1.62. The molecule has 0 spiro atoms. The van der Waals surface area contributed by atoms with Crippen molar-refractivity contribution in [2.45, 2.75) is 46.1 Å². The van der Waals surface area contributed by atoms with E-state index in [1.165, 1.54) is 0 Å². The lowest BCUT2D eigenvalue weighted by atomic mass is 10.1. The predicted molar refractivity (Wildman–Crippen MR) is 108 cm³/mol. The lowest BCUT2D eigenvalue weighted by Crippen LogP contribution is -2.33. The van der Waals surface area contributed by atoms with Crippen LogP contribution >= 0.6 is 0 Å². The number of hydrogen-bond acceptors (Lipinski definition) is 4. The summed E-state index contributed by atoms with van der Waals surface area (Å²) in [6.07, 6.45) is 2.53. The topological polar surface area (TPSA) is 68.5 Å². The number of hydrogen-bond donors (Lipinski definition) is 1. The number of nitrogens with one attached hydrogen (secondary N) is 1. The highest BCUT2D eigenvalue weighted by Crippen LogP contribution is 2.29. The highest BCUT2D eigenvalue weighted by Gasteiger charge is 2.20. The fraction of sp³-hybridized carbons (Fsp3) is 0.409. The molecule has 6 heteroatoms. The third-order valence-corrected chi connectivity index (χ3v) is 5.45. The Kier molecular flexibility index (Phi) is 5.13. The largest absolute Gasteiger partial charge is 0.376 e. The van der Waals surface area contributed by atoms with Gasteiger partial charge in [0.05, 0.1) is 18.2 Å². The van der Waals surface area contributed by atoms with Crippen molar-refractivity contribution < 1.29 is 9.53 Å². The van der Waals surface area contributed by atoms with Crippen molar-refractivity contribution in [2.75, 3.05) is 13.2 Å². The van der Waals surface area contributed by atoms with Gasteiger partial charge in [-0.15, -0.1) is 0 Å². The van der Waals surface area contributed by atoms with Crippen LogP contribution in [0.3, 0.4) is 0 Å². The number of ether oxygens (including phenoxy) is 1. The molecule has 2 aromatic heterocycles. The standard InChI is InChI=1S/C22H26N4O2/c1-14-19(12-20(27)23-13-18-10-7-11-28-18)16(3)26-22(24-14)21(15(2)25-26)17-8-5-4-6-9-17/h4-6,8-9,18H,7,10-13H2,1-3H3,(H,23,27)/t18-/m1/s1. The molecule has 1 aromatic carbocycles. The number of carbonyl (C=O) groups is 1. The summed E-state index contributed by atoms with van der Waals surface area (Å²) in [5.41, 5.74) is 6.67. The molecular weight excluding hydrogens is 352 g/mol. The molecule has 0 unspecified atom stereocenters. The van der Waals surface area contributed by atoms with Crippen molar-refractivity contribution in [3.05, 3.63) is 53.0 Å². The summed E-state index contributed by atoms with van der Waals surface area (Å²) in [5.74, 6) is -0.00462. The molecule has 1 aliphatic rings. The van der Waals surface area contributed by atoms with Gasteiger partial charge in [-0.05, 0) is 39.2 Å². The average molecular weight is 378 g/mol. The van der Waals surface area contributed by atoms with Gasteiger partial charge in [0.15, 0.2) is 5.65 Å². The first-order valence-corrected chi connectivity index (χ1v) is 9.83. The summed E-state index contributed by atoms with van der Waals surface area (Å²) in [5, 5.41) is 7.71. The second kappa shape index (κ2) is 7.72. The van der Waals surface area contributed by atoms with Crippen LogP contribution in [0.1, 0.15) is 35.5 Å². The van der Waals surface area contributed by atoms with Gasteiger partial charge >= 0.3 is 0 Å². The first kappa shape index (κ1) is 18.6. The lowest BCUT2D eigenvalue weighted by Gasteiger charge is -2.13. The van der Waals surface area contributed by atoms with E-state index in [0.29, 0.717) is 13.0 Å². The monoisotopic (exact) mass is 378 g/mol. The van der Waals surface area contributed by atoms with Crippen LogP contribution in [0.4, 0.5) is 0 Å². The van der Waals surface area contributed by atoms with Gasteiger partial charge in [0.2, 0.25) is 5.91 Å². The fourth-order valence-corrected chi connectivity index (χ4v) is 3.92. The molecule has 0 radical (unpaired) electrons. The Morgan fingerprint density at radius 1 is 1.21 bits per heavy atom. The molecule has 1 N–H and O–H groups in total. The number of carbonyl (C=O) groups excluding carboxylic acids is 1. The maximum atomic E-state index is 12.5. The normalized spacial score (nSPS) is 16.6. The highest BCUT2D eigenvalue weighted by molar-refractivity contribution is 5.82. The Hall–Kier alpha value is -2.73. The van der Waals surface area contributed by atoms with Gasteiger partial charge < -0.3 is 10.1 Å². The second-order valence-electron chi connectivity index (χ2n) is 7.44. The van der Waals surface area contributed by atoms with Crippen molar-refractivity contribution in [3.63, 3.8) is 0 Å². The van der Waals surface area contributed by atoms with Crippen LogP contribution in [0.5, 0.6) is 0 Å². The van der Waals surface area contributed by atoms with Gasteiger partial charge in [-0.1, -0.05) is 30.3 Å². The van der Waals surface area contributed by atoms with Crippen LogP contribution < -0.4 is 5.32 Å². The average Bonchev–Trinajstić information content (AvgIpc) is 3.32. The first-order chi connectivity index (χ1) is 13.5. The smallest absolute Gasteiger partial charge is 0.224 e. The molecule has 3 heterocycles. The van der Waals surface area contributed by atoms with Gasteiger partial charge in [-0.25, -0.2) is 9.50 Å². The minimum absolute atomic E-state index is 0.00462. The zero-order valence-electron chi connectivity index (χ0n) is 16.7. The summed E-state index contributed by atoms with van der Waals surface area (Å²) >= 11 is 0. The SMILES string of the molecule is Cc1nc2c(-c3ccccc3)c(C)nn2c(C)c1CC(=O)NC[C@H]1CCCO1. The number of amides is 1. The van der Waals surface area contributed by atoms with Gasteiger partial charge in [-0.3, -0.25) is 4.79 Å². The number of aromatic nitrogens is 3. The number of benzene rings is 1. The summed E-state index contributed by atoms with van der Waals surface area (Å²) < 4.78 is 7.44. The molecule has 0 aliphatic carbocycles. The maximum Gasteiger partial charge on any atom is 0.224 e. The molecular formula is C22H26N4O2. The minimum atomic E-state index is -0.00462. The second-order valence-corrected chi connectivity index (χ2v) is 7.44. The van der Waals surface area contributed by atoms with E-state index in [0.717, 1.165) is 58.9 Å².